The lowest BCUT2D eigenvalue weighted by Gasteiger charge is -2.39. The molecule has 0 bridgehead atoms. The molecule has 1 aliphatic rings. The van der Waals surface area contributed by atoms with E-state index in [4.69, 9.17) is 0 Å². The van der Waals surface area contributed by atoms with Crippen molar-refractivity contribution in [2.75, 3.05) is 26.2 Å². The summed E-state index contributed by atoms with van der Waals surface area (Å²) in [6, 6.07) is 0.737. The van der Waals surface area contributed by atoms with Crippen LogP contribution in [0.5, 0.6) is 0 Å². The van der Waals surface area contributed by atoms with Crippen LogP contribution in [0.4, 0.5) is 0 Å². The van der Waals surface area contributed by atoms with E-state index < -0.39 is 0 Å². The summed E-state index contributed by atoms with van der Waals surface area (Å²) >= 11 is 0. The van der Waals surface area contributed by atoms with Crippen LogP contribution in [0.1, 0.15) is 41.0 Å². The van der Waals surface area contributed by atoms with Gasteiger partial charge in [-0.1, -0.05) is 34.6 Å². The summed E-state index contributed by atoms with van der Waals surface area (Å²) in [5.41, 5.74) is 0.465. The Labute approximate surface area is 95.4 Å². The number of hydrogen-bond donors (Lipinski definition) is 1. The van der Waals surface area contributed by atoms with Gasteiger partial charge in [-0.25, -0.2) is 0 Å². The zero-order valence-corrected chi connectivity index (χ0v) is 11.1. The molecule has 0 spiro atoms. The van der Waals surface area contributed by atoms with Gasteiger partial charge in [0.25, 0.3) is 0 Å². The average Bonchev–Trinajstić information content (AvgIpc) is 2.14. The Morgan fingerprint density at radius 1 is 1.33 bits per heavy atom. The van der Waals surface area contributed by atoms with Crippen LogP contribution in [-0.4, -0.2) is 37.1 Å². The molecule has 0 radical (unpaired) electrons. The van der Waals surface area contributed by atoms with Gasteiger partial charge in [0, 0.05) is 25.7 Å². The van der Waals surface area contributed by atoms with Crippen molar-refractivity contribution >= 4 is 0 Å². The summed E-state index contributed by atoms with van der Waals surface area (Å²) in [6.07, 6.45) is 1.30. The van der Waals surface area contributed by atoms with E-state index in [1.54, 1.807) is 0 Å². The van der Waals surface area contributed by atoms with E-state index in [9.17, 15) is 0 Å². The van der Waals surface area contributed by atoms with Gasteiger partial charge in [0.15, 0.2) is 0 Å². The van der Waals surface area contributed by atoms with Gasteiger partial charge < -0.3 is 5.32 Å². The van der Waals surface area contributed by atoms with Crippen LogP contribution < -0.4 is 5.32 Å². The standard InChI is InChI=1S/C13H28N2/c1-11(2)12-10-14-7-9-15(12)8-6-13(3,4)5/h11-12,14H,6-10H2,1-5H3. The molecule has 0 aromatic carbocycles. The van der Waals surface area contributed by atoms with E-state index in [0.29, 0.717) is 5.41 Å². The minimum atomic E-state index is 0.465. The summed E-state index contributed by atoms with van der Waals surface area (Å²) in [7, 11) is 0. The third kappa shape index (κ3) is 4.52. The fourth-order valence-corrected chi connectivity index (χ4v) is 2.18. The molecule has 0 amide bonds. The van der Waals surface area contributed by atoms with Crippen molar-refractivity contribution < 1.29 is 0 Å². The highest BCUT2D eigenvalue weighted by atomic mass is 15.2. The highest BCUT2D eigenvalue weighted by Crippen LogP contribution is 2.21. The van der Waals surface area contributed by atoms with Gasteiger partial charge in [-0.3, -0.25) is 4.90 Å². The first kappa shape index (κ1) is 13.0. The van der Waals surface area contributed by atoms with Crippen LogP contribution in [0.3, 0.4) is 0 Å². The Kier molecular flexibility index (Phi) is 4.60. The van der Waals surface area contributed by atoms with E-state index in [1.807, 2.05) is 0 Å². The Bertz CT molecular complexity index is 181. The smallest absolute Gasteiger partial charge is 0.0244 e. The van der Waals surface area contributed by atoms with Crippen LogP contribution in [0.25, 0.3) is 0 Å². The van der Waals surface area contributed by atoms with E-state index >= 15 is 0 Å². The van der Waals surface area contributed by atoms with Gasteiger partial charge in [0.2, 0.25) is 0 Å². The molecule has 2 heteroatoms. The quantitative estimate of drug-likeness (QED) is 0.772. The number of nitrogens with zero attached hydrogens (tertiary/aromatic N) is 1. The van der Waals surface area contributed by atoms with Crippen molar-refractivity contribution in [2.45, 2.75) is 47.1 Å². The van der Waals surface area contributed by atoms with Crippen molar-refractivity contribution in [3.63, 3.8) is 0 Å². The summed E-state index contributed by atoms with van der Waals surface area (Å²) < 4.78 is 0. The first-order valence-corrected chi connectivity index (χ1v) is 6.35. The highest BCUT2D eigenvalue weighted by Gasteiger charge is 2.25. The van der Waals surface area contributed by atoms with E-state index in [2.05, 4.69) is 44.8 Å². The van der Waals surface area contributed by atoms with Crippen LogP contribution in [0.2, 0.25) is 0 Å². The average molecular weight is 212 g/mol. The maximum atomic E-state index is 3.50. The van der Waals surface area contributed by atoms with E-state index in [0.717, 1.165) is 18.5 Å². The van der Waals surface area contributed by atoms with E-state index in [-0.39, 0.29) is 0 Å². The fourth-order valence-electron chi connectivity index (χ4n) is 2.18. The summed E-state index contributed by atoms with van der Waals surface area (Å²) in [4.78, 5) is 2.67. The third-order valence-corrected chi connectivity index (χ3v) is 3.32. The monoisotopic (exact) mass is 212 g/mol. The SMILES string of the molecule is CC(C)C1CNCCN1CCC(C)(C)C. The lowest BCUT2D eigenvalue weighted by atomic mass is 9.91. The lowest BCUT2D eigenvalue weighted by Crippen LogP contribution is -2.54. The minimum absolute atomic E-state index is 0.465. The van der Waals surface area contributed by atoms with Crippen LogP contribution in [-0.2, 0) is 0 Å². The molecule has 0 aromatic rings. The van der Waals surface area contributed by atoms with Crippen molar-refractivity contribution in [1.82, 2.24) is 10.2 Å². The molecule has 1 aliphatic heterocycles. The second-order valence-corrected chi connectivity index (χ2v) is 6.36. The van der Waals surface area contributed by atoms with Gasteiger partial charge in [0.1, 0.15) is 0 Å². The molecule has 1 fully saturated rings. The van der Waals surface area contributed by atoms with Gasteiger partial charge in [-0.05, 0) is 24.3 Å². The van der Waals surface area contributed by atoms with Crippen molar-refractivity contribution in [2.24, 2.45) is 11.3 Å². The molecule has 1 N–H and O–H groups in total. The zero-order valence-electron chi connectivity index (χ0n) is 11.1. The molecule has 1 saturated heterocycles. The van der Waals surface area contributed by atoms with Gasteiger partial charge >= 0.3 is 0 Å². The van der Waals surface area contributed by atoms with Crippen molar-refractivity contribution in [3.8, 4) is 0 Å². The Hall–Kier alpha value is -0.0800. The van der Waals surface area contributed by atoms with Crippen LogP contribution in [0.15, 0.2) is 0 Å². The largest absolute Gasteiger partial charge is 0.314 e. The summed E-state index contributed by atoms with van der Waals surface area (Å²) in [6.45, 7) is 16.5. The van der Waals surface area contributed by atoms with Gasteiger partial charge in [0.05, 0.1) is 0 Å². The molecule has 1 rings (SSSR count). The molecular weight excluding hydrogens is 184 g/mol. The number of rotatable bonds is 3. The van der Waals surface area contributed by atoms with Crippen LogP contribution >= 0.6 is 0 Å². The zero-order chi connectivity index (χ0) is 11.5. The first-order chi connectivity index (χ1) is 6.90. The predicted molar refractivity (Wildman–Crippen MR) is 67.1 cm³/mol. The second-order valence-electron chi connectivity index (χ2n) is 6.36. The normalized spacial score (nSPS) is 24.8. The minimum Gasteiger partial charge on any atom is -0.314 e. The molecule has 15 heavy (non-hydrogen) atoms. The molecule has 90 valence electrons. The van der Waals surface area contributed by atoms with Crippen molar-refractivity contribution in [1.29, 1.82) is 0 Å². The molecular formula is C13H28N2. The molecule has 0 aliphatic carbocycles. The maximum absolute atomic E-state index is 3.50. The molecule has 0 saturated carbocycles. The number of nitrogens with one attached hydrogen (secondary N) is 1. The second kappa shape index (κ2) is 5.31. The molecule has 1 atom stereocenters. The highest BCUT2D eigenvalue weighted by molar-refractivity contribution is 4.82. The Morgan fingerprint density at radius 2 is 2.00 bits per heavy atom. The third-order valence-electron chi connectivity index (χ3n) is 3.32. The number of piperazine rings is 1. The topological polar surface area (TPSA) is 15.3 Å². The maximum Gasteiger partial charge on any atom is 0.0244 e. The Morgan fingerprint density at radius 3 is 2.53 bits per heavy atom. The van der Waals surface area contributed by atoms with E-state index in [1.165, 1.54) is 26.1 Å². The summed E-state index contributed by atoms with van der Waals surface area (Å²) in [5.74, 6) is 0.762. The van der Waals surface area contributed by atoms with Gasteiger partial charge in [-0.2, -0.15) is 0 Å². The summed E-state index contributed by atoms with van der Waals surface area (Å²) in [5, 5.41) is 3.50. The molecule has 1 unspecified atom stereocenters. The predicted octanol–water partition coefficient (Wildman–Crippen LogP) is 2.35. The van der Waals surface area contributed by atoms with Crippen LogP contribution in [0, 0.1) is 11.3 Å². The molecule has 1 heterocycles. The lowest BCUT2D eigenvalue weighted by molar-refractivity contribution is 0.110. The molecule has 2 nitrogen and oxygen atoms in total. The number of hydrogen-bond acceptors (Lipinski definition) is 2. The van der Waals surface area contributed by atoms with Gasteiger partial charge in [-0.15, -0.1) is 0 Å². The first-order valence-electron chi connectivity index (χ1n) is 6.35. The molecule has 0 aromatic heterocycles. The Balaban J connectivity index is 2.43. The van der Waals surface area contributed by atoms with Crippen molar-refractivity contribution in [3.05, 3.63) is 0 Å². The fraction of sp³-hybridized carbons (Fsp3) is 1.00.